The van der Waals surface area contributed by atoms with Crippen LogP contribution in [0.4, 0.5) is 10.9 Å². The number of piperazine rings is 1. The molecule has 0 spiro atoms. The lowest BCUT2D eigenvalue weighted by molar-refractivity contribution is -0.140. The Kier molecular flexibility index (Phi) is 12.1. The zero-order valence-corrected chi connectivity index (χ0v) is 34.9. The standard InChI is InChI=1S/C45H52N6O6S/c1-28-24-49(25-29(2)51(28)27-40(52)53)21-11-23-56-37-16-10-13-32(30(37)3)33-18-19-39(47-41(33)43(55)57-45(4,5)6)50-22-20-31-12-9-14-34(35(31)26-50)42(54)48-44-46-36-15-7-8-17-38(36)58-44/h7-10,12-19,28-29H,11,20-27H2,1-6H3,(H,52,53)(H,46,48,54)/t28-,29+. The van der Waals surface area contributed by atoms with Crippen LogP contribution in [-0.2, 0) is 22.5 Å². The first-order chi connectivity index (χ1) is 27.7. The van der Waals surface area contributed by atoms with Crippen LogP contribution in [0.5, 0.6) is 5.75 Å². The molecule has 1 saturated heterocycles. The summed E-state index contributed by atoms with van der Waals surface area (Å²) in [7, 11) is 0. The van der Waals surface area contributed by atoms with Gasteiger partial charge < -0.3 is 24.4 Å². The van der Waals surface area contributed by atoms with E-state index in [0.717, 1.165) is 64.3 Å². The first kappa shape index (κ1) is 40.8. The topological polar surface area (TPSA) is 137 Å². The van der Waals surface area contributed by atoms with Crippen molar-refractivity contribution < 1.29 is 29.0 Å². The molecule has 2 aromatic heterocycles. The molecule has 1 amide bonds. The Hall–Kier alpha value is -5.37. The average molecular weight is 805 g/mol. The summed E-state index contributed by atoms with van der Waals surface area (Å²) in [5, 5.41) is 12.9. The summed E-state index contributed by atoms with van der Waals surface area (Å²) in [6.45, 7) is 15.8. The minimum atomic E-state index is -0.796. The maximum Gasteiger partial charge on any atom is 0.358 e. The number of carbonyl (C=O) groups is 3. The molecule has 5 aromatic rings. The van der Waals surface area contributed by atoms with Gasteiger partial charge in [-0.2, -0.15) is 0 Å². The first-order valence-electron chi connectivity index (χ1n) is 19.9. The van der Waals surface area contributed by atoms with Gasteiger partial charge in [0, 0.05) is 55.9 Å². The quantitative estimate of drug-likeness (QED) is 0.0949. The van der Waals surface area contributed by atoms with Crippen LogP contribution in [0, 0.1) is 6.92 Å². The molecule has 2 aliphatic rings. The Morgan fingerprint density at radius 1 is 0.931 bits per heavy atom. The number of fused-ring (bicyclic) bond motifs is 2. The van der Waals surface area contributed by atoms with Gasteiger partial charge in [-0.05, 0) is 113 Å². The van der Waals surface area contributed by atoms with Crippen LogP contribution in [0.25, 0.3) is 21.3 Å². The predicted molar refractivity (Wildman–Crippen MR) is 228 cm³/mol. The number of ether oxygens (including phenoxy) is 2. The summed E-state index contributed by atoms with van der Waals surface area (Å²) in [5.41, 5.74) is 5.29. The number of thiazole rings is 1. The SMILES string of the molecule is Cc1c(OCCCN2C[C@@H](C)N(CC(=O)O)[C@@H](C)C2)cccc1-c1ccc(N2CCc3cccc(C(=O)Nc4nc5ccccc5s4)c3C2)nc1C(=O)OC(C)(C)C. The van der Waals surface area contributed by atoms with Crippen molar-refractivity contribution in [3.8, 4) is 16.9 Å². The van der Waals surface area contributed by atoms with E-state index in [2.05, 4.69) is 40.0 Å². The molecule has 2 aliphatic heterocycles. The molecule has 4 heterocycles. The van der Waals surface area contributed by atoms with Crippen molar-refractivity contribution in [2.45, 2.75) is 78.6 Å². The Bertz CT molecular complexity index is 2280. The molecule has 304 valence electrons. The Balaban J connectivity index is 1.08. The second-order valence-electron chi connectivity index (χ2n) is 16.3. The summed E-state index contributed by atoms with van der Waals surface area (Å²) in [5.74, 6) is -0.179. The minimum absolute atomic E-state index is 0.0591. The van der Waals surface area contributed by atoms with Crippen molar-refractivity contribution in [3.63, 3.8) is 0 Å². The van der Waals surface area contributed by atoms with Crippen molar-refractivity contribution in [1.29, 1.82) is 0 Å². The molecule has 0 radical (unpaired) electrons. The van der Waals surface area contributed by atoms with Crippen LogP contribution in [-0.4, -0.2) is 99.7 Å². The van der Waals surface area contributed by atoms with Gasteiger partial charge in [-0.3, -0.25) is 19.8 Å². The lowest BCUT2D eigenvalue weighted by Crippen LogP contribution is -2.57. The van der Waals surface area contributed by atoms with Gasteiger partial charge in [0.1, 0.15) is 17.2 Å². The van der Waals surface area contributed by atoms with E-state index in [1.165, 1.54) is 11.3 Å². The van der Waals surface area contributed by atoms with Gasteiger partial charge in [-0.1, -0.05) is 47.7 Å². The van der Waals surface area contributed by atoms with E-state index >= 15 is 0 Å². The Labute approximate surface area is 343 Å². The molecule has 12 nitrogen and oxygen atoms in total. The Morgan fingerprint density at radius 2 is 1.69 bits per heavy atom. The van der Waals surface area contributed by atoms with E-state index in [1.807, 2.05) is 99.3 Å². The van der Waals surface area contributed by atoms with Gasteiger partial charge in [0.15, 0.2) is 10.8 Å². The number of carboxylic acids is 1. The third kappa shape index (κ3) is 9.33. The number of benzene rings is 3. The van der Waals surface area contributed by atoms with Crippen LogP contribution in [0.1, 0.15) is 78.6 Å². The highest BCUT2D eigenvalue weighted by Gasteiger charge is 2.31. The number of nitrogens with zero attached hydrogens (tertiary/aromatic N) is 5. The van der Waals surface area contributed by atoms with Gasteiger partial charge in [0.05, 0.1) is 23.4 Å². The van der Waals surface area contributed by atoms with Gasteiger partial charge >= 0.3 is 11.9 Å². The normalized spacial score (nSPS) is 17.5. The number of pyridine rings is 1. The molecule has 13 heteroatoms. The largest absolute Gasteiger partial charge is 0.493 e. The lowest BCUT2D eigenvalue weighted by atomic mass is 9.94. The van der Waals surface area contributed by atoms with E-state index in [4.69, 9.17) is 14.5 Å². The van der Waals surface area contributed by atoms with E-state index in [1.54, 1.807) is 0 Å². The van der Waals surface area contributed by atoms with Crippen molar-refractivity contribution in [3.05, 3.63) is 101 Å². The van der Waals surface area contributed by atoms with Gasteiger partial charge in [-0.25, -0.2) is 14.8 Å². The van der Waals surface area contributed by atoms with Crippen molar-refractivity contribution in [1.82, 2.24) is 19.8 Å². The molecule has 3 aromatic carbocycles. The van der Waals surface area contributed by atoms with Crippen LogP contribution in [0.3, 0.4) is 0 Å². The summed E-state index contributed by atoms with van der Waals surface area (Å²) in [6, 6.07) is 23.7. The number of carboxylic acid groups (broad SMARTS) is 1. The first-order valence-corrected chi connectivity index (χ1v) is 20.8. The number of aliphatic carboxylic acids is 1. The minimum Gasteiger partial charge on any atom is -0.493 e. The second-order valence-corrected chi connectivity index (χ2v) is 17.3. The lowest BCUT2D eigenvalue weighted by Gasteiger charge is -2.43. The van der Waals surface area contributed by atoms with Crippen LogP contribution >= 0.6 is 11.3 Å². The van der Waals surface area contributed by atoms with Gasteiger partial charge in [0.2, 0.25) is 0 Å². The molecule has 2 atom stereocenters. The van der Waals surface area contributed by atoms with Crippen molar-refractivity contribution >= 4 is 50.3 Å². The number of nitrogens with one attached hydrogen (secondary N) is 1. The number of amides is 1. The molecular weight excluding hydrogens is 753 g/mol. The number of carbonyl (C=O) groups excluding carboxylic acids is 2. The number of rotatable bonds is 12. The van der Waals surface area contributed by atoms with Crippen molar-refractivity contribution in [2.24, 2.45) is 0 Å². The zero-order chi connectivity index (χ0) is 41.1. The molecule has 1 fully saturated rings. The summed E-state index contributed by atoms with van der Waals surface area (Å²) >= 11 is 1.44. The summed E-state index contributed by atoms with van der Waals surface area (Å²) in [4.78, 5) is 55.1. The van der Waals surface area contributed by atoms with E-state index in [-0.39, 0.29) is 30.2 Å². The predicted octanol–water partition coefficient (Wildman–Crippen LogP) is 7.69. The summed E-state index contributed by atoms with van der Waals surface area (Å²) < 4.78 is 13.3. The van der Waals surface area contributed by atoms with E-state index in [0.29, 0.717) is 48.2 Å². The van der Waals surface area contributed by atoms with Gasteiger partial charge in [0.25, 0.3) is 5.91 Å². The highest BCUT2D eigenvalue weighted by Crippen LogP contribution is 2.35. The third-order valence-electron chi connectivity index (χ3n) is 10.8. The number of para-hydroxylation sites is 1. The molecule has 0 bridgehead atoms. The maximum atomic E-state index is 13.9. The molecular formula is C45H52N6O6S. The monoisotopic (exact) mass is 804 g/mol. The molecule has 7 rings (SSSR count). The smallest absolute Gasteiger partial charge is 0.358 e. The zero-order valence-electron chi connectivity index (χ0n) is 34.1. The number of aromatic nitrogens is 2. The highest BCUT2D eigenvalue weighted by atomic mass is 32.1. The molecule has 0 unspecified atom stereocenters. The summed E-state index contributed by atoms with van der Waals surface area (Å²) in [6.07, 6.45) is 1.52. The van der Waals surface area contributed by atoms with Crippen LogP contribution in [0.2, 0.25) is 0 Å². The fraction of sp³-hybridized carbons (Fsp3) is 0.400. The number of hydrogen-bond acceptors (Lipinski definition) is 11. The molecule has 0 saturated carbocycles. The number of hydrogen-bond donors (Lipinski definition) is 2. The van der Waals surface area contributed by atoms with Crippen LogP contribution in [0.15, 0.2) is 72.8 Å². The fourth-order valence-corrected chi connectivity index (χ4v) is 8.91. The molecule has 2 N–H and O–H groups in total. The molecule has 58 heavy (non-hydrogen) atoms. The average Bonchev–Trinajstić information content (AvgIpc) is 3.59. The van der Waals surface area contributed by atoms with Gasteiger partial charge in [-0.15, -0.1) is 0 Å². The number of esters is 1. The maximum absolute atomic E-state index is 13.9. The Morgan fingerprint density at radius 3 is 2.43 bits per heavy atom. The number of anilines is 2. The second kappa shape index (κ2) is 17.2. The third-order valence-corrected chi connectivity index (χ3v) is 11.7. The van der Waals surface area contributed by atoms with Crippen LogP contribution < -0.4 is 15.0 Å². The molecule has 0 aliphatic carbocycles. The highest BCUT2D eigenvalue weighted by molar-refractivity contribution is 7.22. The van der Waals surface area contributed by atoms with E-state index in [9.17, 15) is 19.5 Å². The van der Waals surface area contributed by atoms with Crippen molar-refractivity contribution in [2.75, 3.05) is 49.5 Å². The van der Waals surface area contributed by atoms with E-state index < -0.39 is 17.5 Å². The fourth-order valence-electron chi connectivity index (χ4n) is 8.05.